The molecule has 0 bridgehead atoms. The number of pyridine rings is 1. The SMILES string of the molecule is Cc1nn(-c2ccccc2)c2c1[C@H](c1ccnc3ccccc13)C(C#N)=C(N)O2. The van der Waals surface area contributed by atoms with Crippen molar-refractivity contribution in [3.05, 3.63) is 95.1 Å². The molecule has 0 aliphatic carbocycles. The molecule has 140 valence electrons. The Hall–Kier alpha value is -4.11. The zero-order valence-electron chi connectivity index (χ0n) is 15.7. The number of para-hydroxylation sites is 2. The predicted molar refractivity (Wildman–Crippen MR) is 109 cm³/mol. The highest BCUT2D eigenvalue weighted by molar-refractivity contribution is 5.84. The summed E-state index contributed by atoms with van der Waals surface area (Å²) in [5, 5.41) is 15.6. The lowest BCUT2D eigenvalue weighted by atomic mass is 9.83. The molecular weight excluding hydrogens is 362 g/mol. The van der Waals surface area contributed by atoms with Crippen LogP contribution in [0.5, 0.6) is 5.88 Å². The molecule has 4 aromatic rings. The zero-order chi connectivity index (χ0) is 20.0. The molecule has 0 amide bonds. The van der Waals surface area contributed by atoms with Gasteiger partial charge in [0, 0.05) is 11.6 Å². The Morgan fingerprint density at radius 2 is 1.83 bits per heavy atom. The minimum absolute atomic E-state index is 0.1000. The van der Waals surface area contributed by atoms with E-state index < -0.39 is 0 Å². The highest BCUT2D eigenvalue weighted by Gasteiger charge is 2.36. The van der Waals surface area contributed by atoms with Gasteiger partial charge in [0.25, 0.3) is 0 Å². The van der Waals surface area contributed by atoms with Gasteiger partial charge in [-0.15, -0.1) is 0 Å². The number of nitrogens with two attached hydrogens (primary N) is 1. The Kier molecular flexibility index (Phi) is 3.81. The molecule has 6 nitrogen and oxygen atoms in total. The molecular formula is C23H17N5O. The van der Waals surface area contributed by atoms with Gasteiger partial charge in [-0.05, 0) is 36.8 Å². The second-order valence-electron chi connectivity index (χ2n) is 6.89. The van der Waals surface area contributed by atoms with E-state index in [0.717, 1.165) is 33.4 Å². The molecule has 2 aromatic heterocycles. The third-order valence-electron chi connectivity index (χ3n) is 5.23. The van der Waals surface area contributed by atoms with Gasteiger partial charge in [-0.2, -0.15) is 10.4 Å². The number of hydrogen-bond acceptors (Lipinski definition) is 5. The van der Waals surface area contributed by atoms with E-state index in [1.807, 2.05) is 67.6 Å². The van der Waals surface area contributed by atoms with E-state index in [1.54, 1.807) is 10.9 Å². The largest absolute Gasteiger partial charge is 0.422 e. The summed E-state index contributed by atoms with van der Waals surface area (Å²) >= 11 is 0. The third kappa shape index (κ3) is 2.56. The van der Waals surface area contributed by atoms with Crippen molar-refractivity contribution in [1.82, 2.24) is 14.8 Å². The fourth-order valence-corrected chi connectivity index (χ4v) is 3.94. The van der Waals surface area contributed by atoms with Crippen molar-refractivity contribution in [1.29, 1.82) is 5.26 Å². The molecule has 0 spiro atoms. The topological polar surface area (TPSA) is 89.8 Å². The van der Waals surface area contributed by atoms with Crippen LogP contribution in [0.4, 0.5) is 0 Å². The summed E-state index contributed by atoms with van der Waals surface area (Å²) in [6.07, 6.45) is 1.76. The van der Waals surface area contributed by atoms with Crippen LogP contribution in [0, 0.1) is 18.3 Å². The van der Waals surface area contributed by atoms with Gasteiger partial charge >= 0.3 is 0 Å². The summed E-state index contributed by atoms with van der Waals surface area (Å²) < 4.78 is 7.66. The number of fused-ring (bicyclic) bond motifs is 2. The molecule has 2 N–H and O–H groups in total. The second kappa shape index (κ2) is 6.50. The van der Waals surface area contributed by atoms with Gasteiger partial charge in [0.05, 0.1) is 28.4 Å². The number of aromatic nitrogens is 3. The van der Waals surface area contributed by atoms with Crippen molar-refractivity contribution in [3.63, 3.8) is 0 Å². The Bertz CT molecular complexity index is 1310. The van der Waals surface area contributed by atoms with E-state index in [1.165, 1.54) is 0 Å². The maximum atomic E-state index is 9.89. The number of nitriles is 1. The number of allylic oxidation sites excluding steroid dienone is 1. The molecule has 1 aliphatic rings. The molecule has 3 heterocycles. The molecule has 0 unspecified atom stereocenters. The molecule has 5 rings (SSSR count). The van der Waals surface area contributed by atoms with Crippen LogP contribution in [-0.2, 0) is 0 Å². The fraction of sp³-hybridized carbons (Fsp3) is 0.0870. The molecule has 0 saturated carbocycles. The molecule has 0 radical (unpaired) electrons. The highest BCUT2D eigenvalue weighted by atomic mass is 16.5. The van der Waals surface area contributed by atoms with Crippen LogP contribution in [0.3, 0.4) is 0 Å². The Morgan fingerprint density at radius 3 is 2.62 bits per heavy atom. The Morgan fingerprint density at radius 1 is 1.07 bits per heavy atom. The number of benzene rings is 2. The van der Waals surface area contributed by atoms with Gasteiger partial charge < -0.3 is 10.5 Å². The van der Waals surface area contributed by atoms with E-state index in [2.05, 4.69) is 11.1 Å². The first kappa shape index (κ1) is 17.0. The Labute approximate surface area is 167 Å². The highest BCUT2D eigenvalue weighted by Crippen LogP contribution is 2.45. The van der Waals surface area contributed by atoms with Gasteiger partial charge in [-0.25, -0.2) is 4.68 Å². The number of ether oxygens (including phenoxy) is 1. The number of hydrogen-bond donors (Lipinski definition) is 1. The minimum atomic E-state index is -0.380. The summed E-state index contributed by atoms with van der Waals surface area (Å²) in [6.45, 7) is 1.93. The van der Waals surface area contributed by atoms with Crippen molar-refractivity contribution in [3.8, 4) is 17.6 Å². The predicted octanol–water partition coefficient (Wildman–Crippen LogP) is 3.95. The summed E-state index contributed by atoms with van der Waals surface area (Å²) in [6, 6.07) is 21.8. The summed E-state index contributed by atoms with van der Waals surface area (Å²) in [4.78, 5) is 4.46. The molecule has 1 atom stereocenters. The Balaban J connectivity index is 1.81. The first-order valence-electron chi connectivity index (χ1n) is 9.25. The van der Waals surface area contributed by atoms with Crippen molar-refractivity contribution in [2.75, 3.05) is 0 Å². The van der Waals surface area contributed by atoms with Crippen molar-refractivity contribution < 1.29 is 4.74 Å². The normalized spacial score (nSPS) is 15.7. The van der Waals surface area contributed by atoms with Gasteiger partial charge in [0.1, 0.15) is 11.6 Å². The van der Waals surface area contributed by atoms with E-state index in [-0.39, 0.29) is 11.8 Å². The smallest absolute Gasteiger partial charge is 0.229 e. The van der Waals surface area contributed by atoms with Crippen LogP contribution in [0.15, 0.2) is 78.3 Å². The van der Waals surface area contributed by atoms with Gasteiger partial charge in [0.2, 0.25) is 11.8 Å². The average Bonchev–Trinajstić information content (AvgIpc) is 3.09. The van der Waals surface area contributed by atoms with Crippen LogP contribution in [0.1, 0.15) is 22.7 Å². The van der Waals surface area contributed by atoms with E-state index in [0.29, 0.717) is 11.5 Å². The number of nitrogens with zero attached hydrogens (tertiary/aromatic N) is 4. The number of aryl methyl sites for hydroxylation is 1. The molecule has 0 fully saturated rings. The van der Waals surface area contributed by atoms with Crippen LogP contribution >= 0.6 is 0 Å². The fourth-order valence-electron chi connectivity index (χ4n) is 3.94. The van der Waals surface area contributed by atoms with E-state index >= 15 is 0 Å². The van der Waals surface area contributed by atoms with Crippen molar-refractivity contribution in [2.45, 2.75) is 12.8 Å². The maximum Gasteiger partial charge on any atom is 0.229 e. The summed E-state index contributed by atoms with van der Waals surface area (Å²) in [7, 11) is 0. The van der Waals surface area contributed by atoms with Crippen molar-refractivity contribution >= 4 is 10.9 Å². The molecule has 6 heteroatoms. The molecule has 1 aliphatic heterocycles. The van der Waals surface area contributed by atoms with E-state index in [9.17, 15) is 5.26 Å². The molecule has 2 aromatic carbocycles. The van der Waals surface area contributed by atoms with Crippen LogP contribution in [0.25, 0.3) is 16.6 Å². The summed E-state index contributed by atoms with van der Waals surface area (Å²) in [5.41, 5.74) is 10.9. The molecule has 0 saturated heterocycles. The first-order chi connectivity index (χ1) is 14.2. The van der Waals surface area contributed by atoms with Gasteiger partial charge in [-0.3, -0.25) is 4.98 Å². The summed E-state index contributed by atoms with van der Waals surface area (Å²) in [5.74, 6) is 0.258. The first-order valence-corrected chi connectivity index (χ1v) is 9.25. The maximum absolute atomic E-state index is 9.89. The lowest BCUT2D eigenvalue weighted by molar-refractivity contribution is 0.367. The van der Waals surface area contributed by atoms with Gasteiger partial charge in [-0.1, -0.05) is 36.4 Å². The van der Waals surface area contributed by atoms with E-state index in [4.69, 9.17) is 15.6 Å². The standard InChI is InChI=1S/C23H17N5O/c1-14-20-21(17-11-12-26-19-10-6-5-9-16(17)19)18(13-24)22(25)29-23(20)28(27-14)15-7-3-2-4-8-15/h2-12,21H,25H2,1H3/t21-/m1/s1. The van der Waals surface area contributed by atoms with Crippen LogP contribution in [-0.4, -0.2) is 14.8 Å². The van der Waals surface area contributed by atoms with Gasteiger partial charge in [0.15, 0.2) is 0 Å². The molecule has 29 heavy (non-hydrogen) atoms. The lowest BCUT2D eigenvalue weighted by Crippen LogP contribution is -2.22. The average molecular weight is 379 g/mol. The van der Waals surface area contributed by atoms with Crippen molar-refractivity contribution in [2.24, 2.45) is 5.73 Å². The van der Waals surface area contributed by atoms with Crippen LogP contribution < -0.4 is 10.5 Å². The monoisotopic (exact) mass is 379 g/mol. The minimum Gasteiger partial charge on any atom is -0.422 e. The third-order valence-corrected chi connectivity index (χ3v) is 5.23. The van der Waals surface area contributed by atoms with Crippen LogP contribution in [0.2, 0.25) is 0 Å². The zero-order valence-corrected chi connectivity index (χ0v) is 15.7. The lowest BCUT2D eigenvalue weighted by Gasteiger charge is -2.25. The number of rotatable bonds is 2. The second-order valence-corrected chi connectivity index (χ2v) is 6.89. The quantitative estimate of drug-likeness (QED) is 0.570.